The first-order valence-electron chi connectivity index (χ1n) is 9.26. The molecule has 2 atom stereocenters. The Hall–Kier alpha value is -3.43. The average molecular weight is 400 g/mol. The van der Waals surface area contributed by atoms with Gasteiger partial charge in [0, 0.05) is 19.0 Å². The quantitative estimate of drug-likeness (QED) is 0.728. The minimum absolute atomic E-state index is 0.211. The Morgan fingerprint density at radius 3 is 2.83 bits per heavy atom. The summed E-state index contributed by atoms with van der Waals surface area (Å²) in [7, 11) is 3.10. The van der Waals surface area contributed by atoms with Gasteiger partial charge in [-0.1, -0.05) is 18.0 Å². The van der Waals surface area contributed by atoms with E-state index in [4.69, 9.17) is 9.84 Å². The molecular weight excluding hydrogens is 378 g/mol. The Morgan fingerprint density at radius 1 is 1.38 bits per heavy atom. The number of benzene rings is 1. The van der Waals surface area contributed by atoms with Gasteiger partial charge < -0.3 is 9.84 Å². The molecule has 3 heterocycles. The lowest BCUT2D eigenvalue weighted by molar-refractivity contribution is -0.545. The van der Waals surface area contributed by atoms with Crippen LogP contribution in [-0.2, 0) is 9.59 Å². The van der Waals surface area contributed by atoms with E-state index in [0.717, 1.165) is 10.6 Å². The Bertz CT molecular complexity index is 971. The Morgan fingerprint density at radius 2 is 2.14 bits per heavy atom. The zero-order chi connectivity index (χ0) is 20.9. The van der Waals surface area contributed by atoms with Crippen molar-refractivity contribution in [1.82, 2.24) is 9.80 Å². The number of fused-ring (bicyclic) bond motifs is 2. The molecule has 3 aliphatic heterocycles. The molecule has 10 heteroatoms. The highest BCUT2D eigenvalue weighted by atomic mass is 16.5. The molecule has 0 aliphatic carbocycles. The Balaban J connectivity index is 1.78. The number of anilines is 1. The number of carboxylic acid groups (broad SMARTS) is 1. The van der Waals surface area contributed by atoms with Crippen LogP contribution in [0, 0.1) is 5.92 Å². The van der Waals surface area contributed by atoms with Crippen molar-refractivity contribution >= 4 is 35.4 Å². The van der Waals surface area contributed by atoms with Crippen LogP contribution in [0.15, 0.2) is 29.3 Å². The van der Waals surface area contributed by atoms with Gasteiger partial charge in [-0.15, -0.1) is 0 Å². The summed E-state index contributed by atoms with van der Waals surface area (Å²) in [6.07, 6.45) is 0. The molecule has 1 saturated heterocycles. The van der Waals surface area contributed by atoms with Gasteiger partial charge in [-0.25, -0.2) is 19.2 Å². The fourth-order valence-corrected chi connectivity index (χ4v) is 3.98. The van der Waals surface area contributed by atoms with Gasteiger partial charge in [0.15, 0.2) is 0 Å². The van der Waals surface area contributed by atoms with Crippen molar-refractivity contribution in [1.29, 1.82) is 0 Å². The summed E-state index contributed by atoms with van der Waals surface area (Å²) in [6.45, 7) is 2.65. The van der Waals surface area contributed by atoms with E-state index in [-0.39, 0.29) is 5.92 Å². The molecule has 0 aromatic heterocycles. The number of aliphatic carboxylic acids is 1. The van der Waals surface area contributed by atoms with Gasteiger partial charge in [0.25, 0.3) is 5.91 Å². The van der Waals surface area contributed by atoms with Crippen LogP contribution in [0.25, 0.3) is 0 Å². The van der Waals surface area contributed by atoms with E-state index in [1.807, 2.05) is 33.7 Å². The summed E-state index contributed by atoms with van der Waals surface area (Å²) in [5, 5.41) is 9.11. The molecule has 1 aromatic rings. The third-order valence-electron chi connectivity index (χ3n) is 5.29. The van der Waals surface area contributed by atoms with Gasteiger partial charge in [-0.3, -0.25) is 14.5 Å². The summed E-state index contributed by atoms with van der Waals surface area (Å²) in [4.78, 5) is 45.4. The third kappa shape index (κ3) is 3.00. The van der Waals surface area contributed by atoms with Crippen LogP contribution < -0.4 is 9.64 Å². The lowest BCUT2D eigenvalue weighted by Crippen LogP contribution is -2.64. The van der Waals surface area contributed by atoms with Crippen LogP contribution in [0.4, 0.5) is 10.5 Å². The number of aliphatic imine (C=N–C) groups is 1. The maximum Gasteiger partial charge on any atom is 0.397 e. The summed E-state index contributed by atoms with van der Waals surface area (Å²) in [5.41, 5.74) is 0.864. The normalized spacial score (nSPS) is 23.8. The number of guanidine groups is 1. The lowest BCUT2D eigenvalue weighted by Gasteiger charge is -2.34. The monoisotopic (exact) mass is 400 g/mol. The second-order valence-electron chi connectivity index (χ2n) is 7.40. The van der Waals surface area contributed by atoms with Gasteiger partial charge in [-0.2, -0.15) is 0 Å². The van der Waals surface area contributed by atoms with E-state index in [9.17, 15) is 14.4 Å². The Kier molecular flexibility index (Phi) is 4.48. The molecule has 0 saturated carbocycles. The molecule has 3 aliphatic rings. The topological polar surface area (TPSA) is 106 Å². The number of rotatable bonds is 4. The van der Waals surface area contributed by atoms with Crippen molar-refractivity contribution in [2.45, 2.75) is 13.0 Å². The number of carbonyl (C=O) groups is 3. The molecule has 0 bridgehead atoms. The summed E-state index contributed by atoms with van der Waals surface area (Å²) < 4.78 is 7.17. The first kappa shape index (κ1) is 18.9. The number of urea groups is 1. The number of methoxy groups -OCH3 is 1. The molecule has 0 spiro atoms. The van der Waals surface area contributed by atoms with Gasteiger partial charge in [-0.05, 0) is 12.1 Å². The predicted molar refractivity (Wildman–Crippen MR) is 103 cm³/mol. The number of hydrogen-bond acceptors (Lipinski definition) is 6. The molecule has 1 N–H and O–H groups in total. The minimum atomic E-state index is -1.24. The molecule has 29 heavy (non-hydrogen) atoms. The first-order chi connectivity index (χ1) is 13.8. The molecule has 152 valence electrons. The van der Waals surface area contributed by atoms with Gasteiger partial charge in [0.1, 0.15) is 18.0 Å². The number of amides is 3. The number of amidine groups is 1. The van der Waals surface area contributed by atoms with Crippen LogP contribution in [0.1, 0.15) is 6.92 Å². The number of imide groups is 1. The van der Waals surface area contributed by atoms with E-state index in [2.05, 4.69) is 11.9 Å². The zero-order valence-corrected chi connectivity index (χ0v) is 16.4. The minimum Gasteiger partial charge on any atom is -0.497 e. The number of carboxylic acids is 1. The summed E-state index contributed by atoms with van der Waals surface area (Å²) in [6, 6.07) is 6.04. The SMILES string of the molecule is COc1cccc(N2CC(C)C[N+]3=C2N=C2C3C(=O)N(CC(=O)O)C(=O)N2C)c1. The maximum atomic E-state index is 13.0. The van der Waals surface area contributed by atoms with Crippen LogP contribution >= 0.6 is 0 Å². The fraction of sp³-hybridized carbons (Fsp3) is 0.421. The van der Waals surface area contributed by atoms with Crippen molar-refractivity contribution in [2.75, 3.05) is 38.7 Å². The molecule has 4 rings (SSSR count). The number of carbonyl (C=O) groups excluding carboxylic acids is 2. The van der Waals surface area contributed by atoms with Crippen molar-refractivity contribution in [3.05, 3.63) is 24.3 Å². The first-order valence-corrected chi connectivity index (χ1v) is 9.26. The highest BCUT2D eigenvalue weighted by Gasteiger charge is 2.55. The molecule has 1 aromatic carbocycles. The smallest absolute Gasteiger partial charge is 0.397 e. The Labute approximate surface area is 167 Å². The van der Waals surface area contributed by atoms with E-state index in [0.29, 0.717) is 30.6 Å². The van der Waals surface area contributed by atoms with Crippen LogP contribution in [0.3, 0.4) is 0 Å². The number of ether oxygens (including phenoxy) is 1. The van der Waals surface area contributed by atoms with Crippen LogP contribution in [-0.4, -0.2) is 89.0 Å². The summed E-state index contributed by atoms with van der Waals surface area (Å²) in [5.74, 6) is -0.00748. The molecule has 3 amide bonds. The summed E-state index contributed by atoms with van der Waals surface area (Å²) >= 11 is 0. The fourth-order valence-electron chi connectivity index (χ4n) is 3.98. The maximum absolute atomic E-state index is 13.0. The third-order valence-corrected chi connectivity index (χ3v) is 5.29. The highest BCUT2D eigenvalue weighted by molar-refractivity contribution is 6.24. The van der Waals surface area contributed by atoms with E-state index in [1.54, 1.807) is 7.11 Å². The molecule has 10 nitrogen and oxygen atoms in total. The van der Waals surface area contributed by atoms with Crippen LogP contribution in [0.5, 0.6) is 5.75 Å². The standard InChI is InChI=1S/C19H21N5O5/c1-11-8-22(12-5-4-6-13(7-12)29-3)18-20-16-15(23(18)9-11)17(27)24(10-14(25)26)19(28)21(16)2/h4-7,11,15H,8-10H2,1-3H3/p+1. The number of hydrogen-bond donors (Lipinski definition) is 1. The predicted octanol–water partition coefficient (Wildman–Crippen LogP) is 0.279. The van der Waals surface area contributed by atoms with Gasteiger partial charge in [0.2, 0.25) is 11.9 Å². The second kappa shape index (κ2) is 6.87. The zero-order valence-electron chi connectivity index (χ0n) is 16.4. The molecule has 0 radical (unpaired) electrons. The average Bonchev–Trinajstić information content (AvgIpc) is 3.08. The second-order valence-corrected chi connectivity index (χ2v) is 7.40. The van der Waals surface area contributed by atoms with E-state index >= 15 is 0 Å². The molecule has 2 unspecified atom stereocenters. The van der Waals surface area contributed by atoms with Crippen molar-refractivity contribution < 1.29 is 28.8 Å². The molecular formula is C19H22N5O5+. The number of nitrogens with zero attached hydrogens (tertiary/aromatic N) is 5. The lowest BCUT2D eigenvalue weighted by atomic mass is 10.1. The van der Waals surface area contributed by atoms with Gasteiger partial charge in [0.05, 0.1) is 20.2 Å². The van der Waals surface area contributed by atoms with E-state index in [1.165, 1.54) is 11.9 Å². The van der Waals surface area contributed by atoms with Crippen molar-refractivity contribution in [3.63, 3.8) is 0 Å². The molecule has 1 fully saturated rings. The van der Waals surface area contributed by atoms with E-state index < -0.39 is 30.5 Å². The largest absolute Gasteiger partial charge is 0.497 e. The van der Waals surface area contributed by atoms with Crippen molar-refractivity contribution in [2.24, 2.45) is 10.9 Å². The van der Waals surface area contributed by atoms with Crippen molar-refractivity contribution in [3.8, 4) is 5.75 Å². The highest BCUT2D eigenvalue weighted by Crippen LogP contribution is 2.29. The van der Waals surface area contributed by atoms with Crippen LogP contribution in [0.2, 0.25) is 0 Å². The van der Waals surface area contributed by atoms with Gasteiger partial charge >= 0.3 is 18.0 Å². The number of likely N-dealkylation sites (N-methyl/N-ethyl adjacent to an activating group) is 1.